The van der Waals surface area contributed by atoms with Crippen LogP contribution in [0.1, 0.15) is 15.9 Å². The summed E-state index contributed by atoms with van der Waals surface area (Å²) in [5, 5.41) is 5.38. The third-order valence-corrected chi connectivity index (χ3v) is 4.29. The number of rotatable bonds is 5. The van der Waals surface area contributed by atoms with Crippen molar-refractivity contribution in [1.82, 2.24) is 5.32 Å². The first-order valence-electron chi connectivity index (χ1n) is 8.42. The summed E-state index contributed by atoms with van der Waals surface area (Å²) in [4.78, 5) is 25.3. The molecule has 0 spiro atoms. The molecule has 2 N–H and O–H groups in total. The average Bonchev–Trinajstić information content (AvgIpc) is 2.69. The summed E-state index contributed by atoms with van der Waals surface area (Å²) in [6.07, 6.45) is 1.49. The Morgan fingerprint density at radius 2 is 1.61 bits per heavy atom. The summed E-state index contributed by atoms with van der Waals surface area (Å²) >= 11 is 3.35. The smallest absolute Gasteiger partial charge is 0.272 e. The predicted octanol–water partition coefficient (Wildman–Crippen LogP) is 5.00. The van der Waals surface area contributed by atoms with Gasteiger partial charge in [0, 0.05) is 15.7 Å². The van der Waals surface area contributed by atoms with Crippen molar-refractivity contribution in [3.8, 4) is 0 Å². The number of anilines is 1. The lowest BCUT2D eigenvalue weighted by Gasteiger charge is -2.11. The van der Waals surface area contributed by atoms with E-state index in [1.807, 2.05) is 6.07 Å². The zero-order chi connectivity index (χ0) is 19.9. The standard InChI is InChI=1S/C22H16BrFN2O2/c23-17-7-4-8-19(14-17)25-22(28)20(13-15-9-11-18(24)12-10-15)26-21(27)16-5-2-1-3-6-16/h1-14H,(H,25,28)(H,26,27). The first-order chi connectivity index (χ1) is 13.5. The Morgan fingerprint density at radius 1 is 0.893 bits per heavy atom. The molecule has 0 heterocycles. The molecule has 28 heavy (non-hydrogen) atoms. The molecule has 0 bridgehead atoms. The van der Waals surface area contributed by atoms with Crippen LogP contribution in [0.5, 0.6) is 0 Å². The Bertz CT molecular complexity index is 1020. The van der Waals surface area contributed by atoms with Crippen LogP contribution in [0.2, 0.25) is 0 Å². The third kappa shape index (κ3) is 5.37. The number of benzene rings is 3. The average molecular weight is 439 g/mol. The number of carbonyl (C=O) groups is 2. The van der Waals surface area contributed by atoms with Gasteiger partial charge in [-0.15, -0.1) is 0 Å². The lowest BCUT2D eigenvalue weighted by Crippen LogP contribution is -2.30. The van der Waals surface area contributed by atoms with E-state index in [0.717, 1.165) is 4.47 Å². The maximum absolute atomic E-state index is 13.2. The van der Waals surface area contributed by atoms with Crippen molar-refractivity contribution < 1.29 is 14.0 Å². The Kier molecular flexibility index (Phi) is 6.34. The molecule has 0 unspecified atom stereocenters. The number of halogens is 2. The first-order valence-corrected chi connectivity index (χ1v) is 9.21. The van der Waals surface area contributed by atoms with Gasteiger partial charge in [0.1, 0.15) is 11.5 Å². The SMILES string of the molecule is O=C(Nc1cccc(Br)c1)C(=Cc1ccc(F)cc1)NC(=O)c1ccccc1. The highest BCUT2D eigenvalue weighted by atomic mass is 79.9. The Balaban J connectivity index is 1.88. The van der Waals surface area contributed by atoms with Gasteiger partial charge in [-0.05, 0) is 54.1 Å². The number of nitrogens with one attached hydrogen (secondary N) is 2. The molecule has 6 heteroatoms. The van der Waals surface area contributed by atoms with Crippen molar-refractivity contribution in [3.63, 3.8) is 0 Å². The fourth-order valence-corrected chi connectivity index (χ4v) is 2.83. The van der Waals surface area contributed by atoms with Crippen molar-refractivity contribution >= 4 is 39.5 Å². The number of hydrogen-bond donors (Lipinski definition) is 2. The van der Waals surface area contributed by atoms with Crippen molar-refractivity contribution in [2.24, 2.45) is 0 Å². The van der Waals surface area contributed by atoms with Crippen LogP contribution in [0.4, 0.5) is 10.1 Å². The monoisotopic (exact) mass is 438 g/mol. The molecule has 0 saturated carbocycles. The van der Waals surface area contributed by atoms with Gasteiger partial charge in [-0.25, -0.2) is 4.39 Å². The number of hydrogen-bond acceptors (Lipinski definition) is 2. The first kappa shape index (κ1) is 19.5. The number of carbonyl (C=O) groups excluding carboxylic acids is 2. The zero-order valence-corrected chi connectivity index (χ0v) is 16.2. The van der Waals surface area contributed by atoms with Crippen LogP contribution in [-0.4, -0.2) is 11.8 Å². The van der Waals surface area contributed by atoms with E-state index in [2.05, 4.69) is 26.6 Å². The van der Waals surface area contributed by atoms with Crippen LogP contribution in [-0.2, 0) is 4.79 Å². The normalized spacial score (nSPS) is 11.0. The molecule has 0 aliphatic heterocycles. The second-order valence-corrected chi connectivity index (χ2v) is 6.81. The molecule has 140 valence electrons. The summed E-state index contributed by atoms with van der Waals surface area (Å²) in [5.74, 6) is -1.30. The summed E-state index contributed by atoms with van der Waals surface area (Å²) < 4.78 is 14.0. The third-order valence-electron chi connectivity index (χ3n) is 3.79. The van der Waals surface area contributed by atoms with Crippen molar-refractivity contribution in [2.45, 2.75) is 0 Å². The molecule has 3 aromatic rings. The highest BCUT2D eigenvalue weighted by Crippen LogP contribution is 2.17. The zero-order valence-electron chi connectivity index (χ0n) is 14.7. The topological polar surface area (TPSA) is 58.2 Å². The molecule has 0 aliphatic carbocycles. The maximum atomic E-state index is 13.2. The van der Waals surface area contributed by atoms with Gasteiger partial charge >= 0.3 is 0 Å². The second kappa shape index (κ2) is 9.10. The molecular weight excluding hydrogens is 423 g/mol. The van der Waals surface area contributed by atoms with E-state index in [1.165, 1.54) is 30.3 Å². The van der Waals surface area contributed by atoms with E-state index in [4.69, 9.17) is 0 Å². The van der Waals surface area contributed by atoms with Crippen LogP contribution in [0.25, 0.3) is 6.08 Å². The second-order valence-electron chi connectivity index (χ2n) is 5.89. The largest absolute Gasteiger partial charge is 0.321 e. The molecule has 0 saturated heterocycles. The molecule has 0 aromatic heterocycles. The van der Waals surface area contributed by atoms with E-state index >= 15 is 0 Å². The number of amides is 2. The molecule has 2 amide bonds. The van der Waals surface area contributed by atoms with Crippen LogP contribution in [0.15, 0.2) is 89.0 Å². The summed E-state index contributed by atoms with van der Waals surface area (Å²) in [6, 6.07) is 21.3. The minimum Gasteiger partial charge on any atom is -0.321 e. The Labute approximate surface area is 170 Å². The highest BCUT2D eigenvalue weighted by Gasteiger charge is 2.15. The maximum Gasteiger partial charge on any atom is 0.272 e. The lowest BCUT2D eigenvalue weighted by atomic mass is 10.1. The van der Waals surface area contributed by atoms with Gasteiger partial charge in [0.05, 0.1) is 0 Å². The van der Waals surface area contributed by atoms with Gasteiger partial charge in [0.2, 0.25) is 0 Å². The van der Waals surface area contributed by atoms with E-state index < -0.39 is 11.8 Å². The van der Waals surface area contributed by atoms with Gasteiger partial charge in [0.25, 0.3) is 11.8 Å². The van der Waals surface area contributed by atoms with Crippen LogP contribution in [0, 0.1) is 5.82 Å². The summed E-state index contributed by atoms with van der Waals surface area (Å²) in [6.45, 7) is 0. The molecule has 3 rings (SSSR count). The molecule has 0 atom stereocenters. The molecule has 0 radical (unpaired) electrons. The molecular formula is C22H16BrFN2O2. The van der Waals surface area contributed by atoms with Gasteiger partial charge in [-0.3, -0.25) is 9.59 Å². The Morgan fingerprint density at radius 3 is 2.29 bits per heavy atom. The highest BCUT2D eigenvalue weighted by molar-refractivity contribution is 9.10. The molecule has 0 aliphatic rings. The van der Waals surface area contributed by atoms with Gasteiger partial charge < -0.3 is 10.6 Å². The van der Waals surface area contributed by atoms with Gasteiger partial charge in [0.15, 0.2) is 0 Å². The van der Waals surface area contributed by atoms with E-state index in [1.54, 1.807) is 48.5 Å². The Hall–Kier alpha value is -3.25. The van der Waals surface area contributed by atoms with Crippen molar-refractivity contribution in [1.29, 1.82) is 0 Å². The molecule has 3 aromatic carbocycles. The quantitative estimate of drug-likeness (QED) is 0.550. The van der Waals surface area contributed by atoms with Gasteiger partial charge in [-0.2, -0.15) is 0 Å². The fraction of sp³-hybridized carbons (Fsp3) is 0. The van der Waals surface area contributed by atoms with Gasteiger partial charge in [-0.1, -0.05) is 52.3 Å². The van der Waals surface area contributed by atoms with E-state index in [-0.39, 0.29) is 11.5 Å². The van der Waals surface area contributed by atoms with Crippen LogP contribution < -0.4 is 10.6 Å². The lowest BCUT2D eigenvalue weighted by molar-refractivity contribution is -0.113. The van der Waals surface area contributed by atoms with E-state index in [9.17, 15) is 14.0 Å². The minimum absolute atomic E-state index is 0.0421. The summed E-state index contributed by atoms with van der Waals surface area (Å²) in [5.41, 5.74) is 1.61. The molecule has 0 fully saturated rings. The minimum atomic E-state index is -0.494. The summed E-state index contributed by atoms with van der Waals surface area (Å²) in [7, 11) is 0. The van der Waals surface area contributed by atoms with Crippen LogP contribution >= 0.6 is 15.9 Å². The van der Waals surface area contributed by atoms with Crippen molar-refractivity contribution in [3.05, 3.63) is 106 Å². The predicted molar refractivity (Wildman–Crippen MR) is 111 cm³/mol. The van der Waals surface area contributed by atoms with Crippen molar-refractivity contribution in [2.75, 3.05) is 5.32 Å². The van der Waals surface area contributed by atoms with E-state index in [0.29, 0.717) is 16.8 Å². The fourth-order valence-electron chi connectivity index (χ4n) is 2.43. The molecule has 4 nitrogen and oxygen atoms in total. The van der Waals surface area contributed by atoms with Crippen LogP contribution in [0.3, 0.4) is 0 Å².